The summed E-state index contributed by atoms with van der Waals surface area (Å²) in [6, 6.07) is 1.65. The van der Waals surface area contributed by atoms with Crippen molar-refractivity contribution in [3.05, 3.63) is 33.6 Å². The Bertz CT molecular complexity index is 601. The minimum atomic E-state index is -1.45. The number of hydrogen-bond donors (Lipinski definition) is 2. The third kappa shape index (κ3) is 2.96. The van der Waals surface area contributed by atoms with Gasteiger partial charge in [-0.05, 0) is 24.3 Å². The molecule has 1 aromatic carbocycles. The Morgan fingerprint density at radius 1 is 1.52 bits per heavy atom. The Labute approximate surface area is 121 Å². The van der Waals surface area contributed by atoms with E-state index in [1.807, 2.05) is 13.8 Å². The highest BCUT2D eigenvalue weighted by atomic mass is 19.1. The lowest BCUT2D eigenvalue weighted by molar-refractivity contribution is -0.384. The van der Waals surface area contributed by atoms with Crippen LogP contribution in [0.1, 0.15) is 43.5 Å². The highest BCUT2D eigenvalue weighted by Crippen LogP contribution is 2.40. The van der Waals surface area contributed by atoms with E-state index in [0.29, 0.717) is 6.07 Å². The Hall–Kier alpha value is -2.18. The molecule has 1 saturated carbocycles. The summed E-state index contributed by atoms with van der Waals surface area (Å²) in [6.45, 7) is 4.09. The van der Waals surface area contributed by atoms with Crippen LogP contribution in [-0.4, -0.2) is 22.0 Å². The third-order valence-electron chi connectivity index (χ3n) is 4.10. The number of anilines is 1. The molecule has 2 N–H and O–H groups in total. The predicted molar refractivity (Wildman–Crippen MR) is 75.1 cm³/mol. The van der Waals surface area contributed by atoms with Crippen molar-refractivity contribution in [2.45, 2.75) is 39.2 Å². The summed E-state index contributed by atoms with van der Waals surface area (Å²) in [4.78, 5) is 21.3. The third-order valence-corrected chi connectivity index (χ3v) is 4.10. The maximum absolute atomic E-state index is 13.6. The lowest BCUT2D eigenvalue weighted by Gasteiger charge is -2.28. The molecule has 0 bridgehead atoms. The van der Waals surface area contributed by atoms with Crippen molar-refractivity contribution in [2.24, 2.45) is 5.41 Å². The molecule has 6 nitrogen and oxygen atoms in total. The number of nitrogens with zero attached hydrogens (tertiary/aromatic N) is 1. The molecule has 1 aromatic rings. The van der Waals surface area contributed by atoms with Crippen LogP contribution in [0, 0.1) is 21.3 Å². The molecule has 2 rings (SSSR count). The molecule has 1 atom stereocenters. The smallest absolute Gasteiger partial charge is 0.338 e. The zero-order valence-corrected chi connectivity index (χ0v) is 11.9. The van der Waals surface area contributed by atoms with E-state index >= 15 is 0 Å². The maximum Gasteiger partial charge on any atom is 0.338 e. The van der Waals surface area contributed by atoms with Gasteiger partial charge in [0.25, 0.3) is 5.69 Å². The van der Waals surface area contributed by atoms with Crippen molar-refractivity contribution in [3.8, 4) is 0 Å². The van der Waals surface area contributed by atoms with E-state index in [1.54, 1.807) is 0 Å². The van der Waals surface area contributed by atoms with E-state index in [0.717, 1.165) is 25.3 Å². The number of nitrogens with one attached hydrogen (secondary N) is 1. The van der Waals surface area contributed by atoms with Crippen LogP contribution < -0.4 is 5.32 Å². The fourth-order valence-electron chi connectivity index (χ4n) is 2.78. The minimum Gasteiger partial charge on any atom is -0.478 e. The fraction of sp³-hybridized carbons (Fsp3) is 0.500. The molecule has 1 unspecified atom stereocenters. The first-order valence-corrected chi connectivity index (χ1v) is 6.70. The molecule has 0 aliphatic heterocycles. The van der Waals surface area contributed by atoms with Gasteiger partial charge >= 0.3 is 5.97 Å². The molecule has 0 aromatic heterocycles. The molecule has 1 fully saturated rings. The largest absolute Gasteiger partial charge is 0.478 e. The summed E-state index contributed by atoms with van der Waals surface area (Å²) in [5.41, 5.74) is -1.01. The second-order valence-corrected chi connectivity index (χ2v) is 5.99. The van der Waals surface area contributed by atoms with Crippen LogP contribution in [0.3, 0.4) is 0 Å². The summed E-state index contributed by atoms with van der Waals surface area (Å²) >= 11 is 0. The van der Waals surface area contributed by atoms with E-state index in [2.05, 4.69) is 5.32 Å². The van der Waals surface area contributed by atoms with Gasteiger partial charge in [-0.1, -0.05) is 20.3 Å². The predicted octanol–water partition coefficient (Wildman–Crippen LogP) is 3.42. The molecule has 1 aliphatic rings. The number of hydrogen-bond acceptors (Lipinski definition) is 4. The second-order valence-electron chi connectivity index (χ2n) is 5.99. The number of nitro benzene ring substituents is 1. The lowest BCUT2D eigenvalue weighted by Crippen LogP contribution is -2.31. The molecule has 0 radical (unpaired) electrons. The minimum absolute atomic E-state index is 0.0108. The number of halogens is 1. The molecule has 0 saturated heterocycles. The normalized spacial score (nSPS) is 20.2. The van der Waals surface area contributed by atoms with Crippen LogP contribution >= 0.6 is 0 Å². The number of nitro groups is 1. The van der Waals surface area contributed by atoms with Gasteiger partial charge in [0.05, 0.1) is 16.6 Å². The average Bonchev–Trinajstić information content (AvgIpc) is 2.69. The van der Waals surface area contributed by atoms with Crippen molar-refractivity contribution in [2.75, 3.05) is 5.32 Å². The van der Waals surface area contributed by atoms with Gasteiger partial charge in [0.15, 0.2) is 0 Å². The van der Waals surface area contributed by atoms with Crippen LogP contribution in [0.4, 0.5) is 15.8 Å². The molecular weight excluding hydrogens is 279 g/mol. The number of rotatable bonds is 4. The zero-order chi connectivity index (χ0) is 15.8. The molecular formula is C14H17FN2O4. The van der Waals surface area contributed by atoms with Gasteiger partial charge in [-0.2, -0.15) is 0 Å². The zero-order valence-electron chi connectivity index (χ0n) is 11.9. The van der Waals surface area contributed by atoms with Gasteiger partial charge in [0, 0.05) is 6.04 Å². The van der Waals surface area contributed by atoms with Crippen LogP contribution in [0.5, 0.6) is 0 Å². The number of benzene rings is 1. The maximum atomic E-state index is 13.6. The summed E-state index contributed by atoms with van der Waals surface area (Å²) < 4.78 is 13.6. The Morgan fingerprint density at radius 3 is 2.67 bits per heavy atom. The summed E-state index contributed by atoms with van der Waals surface area (Å²) in [6.07, 6.45) is 2.81. The average molecular weight is 296 g/mol. The number of carboxylic acids is 1. The van der Waals surface area contributed by atoms with Gasteiger partial charge in [-0.15, -0.1) is 0 Å². The first kappa shape index (κ1) is 15.2. The van der Waals surface area contributed by atoms with Gasteiger partial charge in [-0.3, -0.25) is 10.1 Å². The Morgan fingerprint density at radius 2 is 2.19 bits per heavy atom. The standard InChI is InChI=1S/C14H17FN2O4/c1-14(2)5-3-4-12(14)16-10-6-8(13(18)19)9(15)7-11(10)17(20)21/h6-7,12,16H,3-5H2,1-2H3,(H,18,19). The van der Waals surface area contributed by atoms with Crippen molar-refractivity contribution >= 4 is 17.3 Å². The van der Waals surface area contributed by atoms with Gasteiger partial charge < -0.3 is 10.4 Å². The monoisotopic (exact) mass is 296 g/mol. The van der Waals surface area contributed by atoms with Crippen molar-refractivity contribution in [1.82, 2.24) is 0 Å². The quantitative estimate of drug-likeness (QED) is 0.656. The SMILES string of the molecule is CC1(C)CCCC1Nc1cc(C(=O)O)c(F)cc1[N+](=O)[O-]. The lowest BCUT2D eigenvalue weighted by atomic mass is 9.87. The van der Waals surface area contributed by atoms with Gasteiger partial charge in [0.2, 0.25) is 0 Å². The first-order chi connectivity index (χ1) is 9.72. The summed E-state index contributed by atoms with van der Waals surface area (Å²) in [5.74, 6) is -2.55. The van der Waals surface area contributed by atoms with Crippen LogP contribution in [0.25, 0.3) is 0 Å². The fourth-order valence-corrected chi connectivity index (χ4v) is 2.78. The topological polar surface area (TPSA) is 92.5 Å². The van der Waals surface area contributed by atoms with Gasteiger partial charge in [-0.25, -0.2) is 9.18 Å². The highest BCUT2D eigenvalue weighted by Gasteiger charge is 2.35. The van der Waals surface area contributed by atoms with Crippen LogP contribution in [0.15, 0.2) is 12.1 Å². The van der Waals surface area contributed by atoms with Crippen molar-refractivity contribution < 1.29 is 19.2 Å². The number of aromatic carboxylic acids is 1. The molecule has 21 heavy (non-hydrogen) atoms. The van der Waals surface area contributed by atoms with E-state index in [9.17, 15) is 19.3 Å². The van der Waals surface area contributed by atoms with E-state index in [-0.39, 0.29) is 17.1 Å². The number of carboxylic acid groups (broad SMARTS) is 1. The van der Waals surface area contributed by atoms with Crippen LogP contribution in [0.2, 0.25) is 0 Å². The van der Waals surface area contributed by atoms with E-state index in [1.165, 1.54) is 0 Å². The summed E-state index contributed by atoms with van der Waals surface area (Å²) in [7, 11) is 0. The van der Waals surface area contributed by atoms with Crippen molar-refractivity contribution in [1.29, 1.82) is 0 Å². The molecule has 0 spiro atoms. The Kier molecular flexibility index (Phi) is 3.85. The molecule has 1 aliphatic carbocycles. The molecule has 114 valence electrons. The first-order valence-electron chi connectivity index (χ1n) is 6.70. The van der Waals surface area contributed by atoms with Crippen LogP contribution in [-0.2, 0) is 0 Å². The van der Waals surface area contributed by atoms with E-state index < -0.39 is 28.0 Å². The van der Waals surface area contributed by atoms with E-state index in [4.69, 9.17) is 5.11 Å². The molecule has 7 heteroatoms. The summed E-state index contributed by atoms with van der Waals surface area (Å²) in [5, 5.41) is 23.0. The molecule has 0 heterocycles. The number of carbonyl (C=O) groups is 1. The van der Waals surface area contributed by atoms with Gasteiger partial charge in [0.1, 0.15) is 11.5 Å². The second kappa shape index (κ2) is 5.31. The highest BCUT2D eigenvalue weighted by molar-refractivity contribution is 5.90. The van der Waals surface area contributed by atoms with Crippen molar-refractivity contribution in [3.63, 3.8) is 0 Å². The Balaban J connectivity index is 2.43. The molecule has 0 amide bonds.